The van der Waals surface area contributed by atoms with E-state index in [9.17, 15) is 4.79 Å². The van der Waals surface area contributed by atoms with E-state index < -0.39 is 6.09 Å². The topological polar surface area (TPSA) is 112 Å². The van der Waals surface area contributed by atoms with E-state index in [0.29, 0.717) is 29.4 Å². The number of carbonyl (C=O) groups excluding carboxylic acids is 1. The fourth-order valence-electron chi connectivity index (χ4n) is 2.24. The highest BCUT2D eigenvalue weighted by atomic mass is 32.1. The molecule has 0 aliphatic carbocycles. The van der Waals surface area contributed by atoms with Crippen LogP contribution in [0.2, 0.25) is 0 Å². The third kappa shape index (κ3) is 5.34. The molecule has 11 heteroatoms. The Labute approximate surface area is 165 Å². The molecule has 2 aromatic rings. The zero-order chi connectivity index (χ0) is 19.8. The minimum atomic E-state index is -0.658. The summed E-state index contributed by atoms with van der Waals surface area (Å²) in [5.74, 6) is 0.657. The van der Waals surface area contributed by atoms with Crippen LogP contribution >= 0.6 is 12.2 Å². The van der Waals surface area contributed by atoms with Crippen LogP contribution in [0.15, 0.2) is 18.7 Å². The van der Waals surface area contributed by atoms with Crippen LogP contribution in [0.3, 0.4) is 0 Å². The van der Waals surface area contributed by atoms with Gasteiger partial charge in [-0.25, -0.2) is 19.4 Å². The number of nitrogens with zero attached hydrogens (tertiary/aromatic N) is 4. The lowest BCUT2D eigenvalue weighted by atomic mass is 10.2. The Kier molecular flexibility index (Phi) is 7.44. The zero-order valence-electron chi connectivity index (χ0n) is 15.6. The molecule has 27 heavy (non-hydrogen) atoms. The van der Waals surface area contributed by atoms with E-state index in [-0.39, 0.29) is 20.8 Å². The molecule has 2 aromatic heterocycles. The zero-order valence-corrected chi connectivity index (χ0v) is 16.4. The number of ether oxygens (including phenoxy) is 3. The van der Waals surface area contributed by atoms with Crippen LogP contribution in [-0.2, 0) is 9.47 Å². The van der Waals surface area contributed by atoms with Crippen LogP contribution in [-0.4, -0.2) is 51.3 Å². The fourth-order valence-corrected chi connectivity index (χ4v) is 2.42. The van der Waals surface area contributed by atoms with Gasteiger partial charge < -0.3 is 19.5 Å². The van der Waals surface area contributed by atoms with Crippen molar-refractivity contribution in [2.45, 2.75) is 27.0 Å². The first kappa shape index (κ1) is 20.5. The molecule has 0 bridgehead atoms. The lowest BCUT2D eigenvalue weighted by Crippen LogP contribution is -2.34. The van der Waals surface area contributed by atoms with E-state index in [0.717, 1.165) is 0 Å². The number of thiocarbonyl (C=S) groups is 1. The molecule has 150 valence electrons. The smallest absolute Gasteiger partial charge is 0.413 e. The van der Waals surface area contributed by atoms with Crippen molar-refractivity contribution >= 4 is 29.2 Å². The van der Waals surface area contributed by atoms with Crippen molar-refractivity contribution in [3.8, 4) is 17.0 Å². The first-order valence-electron chi connectivity index (χ1n) is 8.29. The van der Waals surface area contributed by atoms with Crippen molar-refractivity contribution in [1.82, 2.24) is 25.1 Å². The van der Waals surface area contributed by atoms with Crippen molar-refractivity contribution in [3.05, 3.63) is 18.7 Å². The van der Waals surface area contributed by atoms with Crippen LogP contribution in [0, 0.1) is 0 Å². The molecule has 1 unspecified atom stereocenters. The summed E-state index contributed by atoms with van der Waals surface area (Å²) >= 11 is 5.09. The van der Waals surface area contributed by atoms with Crippen molar-refractivity contribution in [3.63, 3.8) is 0 Å². The summed E-state index contributed by atoms with van der Waals surface area (Å²) in [6.07, 6.45) is 3.94. The number of amides is 1. The Morgan fingerprint density at radius 2 is 2.15 bits per heavy atom. The Morgan fingerprint density at radius 3 is 2.81 bits per heavy atom. The van der Waals surface area contributed by atoms with Gasteiger partial charge in [0.15, 0.2) is 16.7 Å². The first-order chi connectivity index (χ1) is 13.0. The average molecular weight is 398 g/mol. The molecule has 0 aliphatic rings. The molecule has 0 fully saturated rings. The molecule has 2 rings (SSSR count). The van der Waals surface area contributed by atoms with E-state index in [4.69, 9.17) is 26.4 Å². The van der Waals surface area contributed by atoms with Gasteiger partial charge >= 0.3 is 6.09 Å². The van der Waals surface area contributed by atoms with Gasteiger partial charge in [-0.3, -0.25) is 5.32 Å². The molecular weight excluding hydrogens is 372 g/mol. The van der Waals surface area contributed by atoms with Gasteiger partial charge in [-0.05, 0) is 33.0 Å². The standard InChI is InChI=1S/C16H22N6O4S.2H2/c1-5-25-10(3)22-8-11(7-19-22)12-13(24-4)14(18-9-17-12)20-15(27)21-16(23)26-6-2;;/h7-10H,5-6H2,1-4H3,(H2,17,18,20,21,23,27);2*1H. The fraction of sp³-hybridized carbons (Fsp3) is 0.438. The lowest BCUT2D eigenvalue weighted by Gasteiger charge is -2.13. The molecule has 1 atom stereocenters. The second kappa shape index (κ2) is 9.78. The average Bonchev–Trinajstić information content (AvgIpc) is 3.11. The Balaban J connectivity index is 0.00000392. The summed E-state index contributed by atoms with van der Waals surface area (Å²) in [5.41, 5.74) is 1.23. The van der Waals surface area contributed by atoms with Gasteiger partial charge in [-0.2, -0.15) is 5.10 Å². The third-order valence-electron chi connectivity index (χ3n) is 3.39. The van der Waals surface area contributed by atoms with Gasteiger partial charge in [0.2, 0.25) is 0 Å². The molecular formula is C16H26N6O4S. The minimum absolute atomic E-state index is 0. The highest BCUT2D eigenvalue weighted by Crippen LogP contribution is 2.33. The van der Waals surface area contributed by atoms with E-state index in [1.165, 1.54) is 13.4 Å². The number of anilines is 1. The predicted molar refractivity (Wildman–Crippen MR) is 107 cm³/mol. The third-order valence-corrected chi connectivity index (χ3v) is 3.59. The van der Waals surface area contributed by atoms with Gasteiger partial charge in [-0.1, -0.05) is 0 Å². The number of rotatable bonds is 7. The number of hydrogen-bond donors (Lipinski definition) is 2. The molecule has 10 nitrogen and oxygen atoms in total. The second-order valence-electron chi connectivity index (χ2n) is 5.17. The summed E-state index contributed by atoms with van der Waals surface area (Å²) in [5, 5.41) is 9.50. The quantitative estimate of drug-likeness (QED) is 0.680. The number of aromatic nitrogens is 4. The molecule has 0 saturated heterocycles. The highest BCUT2D eigenvalue weighted by molar-refractivity contribution is 7.80. The van der Waals surface area contributed by atoms with Gasteiger partial charge in [0.1, 0.15) is 18.2 Å². The van der Waals surface area contributed by atoms with Crippen molar-refractivity contribution in [2.24, 2.45) is 0 Å². The lowest BCUT2D eigenvalue weighted by molar-refractivity contribution is 0.0160. The summed E-state index contributed by atoms with van der Waals surface area (Å²) < 4.78 is 17.4. The van der Waals surface area contributed by atoms with E-state index >= 15 is 0 Å². The van der Waals surface area contributed by atoms with Crippen LogP contribution in [0.5, 0.6) is 5.75 Å². The van der Waals surface area contributed by atoms with Gasteiger partial charge in [0, 0.05) is 21.2 Å². The maximum atomic E-state index is 11.5. The monoisotopic (exact) mass is 398 g/mol. The summed E-state index contributed by atoms with van der Waals surface area (Å²) in [7, 11) is 1.49. The summed E-state index contributed by atoms with van der Waals surface area (Å²) in [6, 6.07) is 0. The van der Waals surface area contributed by atoms with Crippen LogP contribution in [0.25, 0.3) is 11.3 Å². The maximum absolute atomic E-state index is 11.5. The highest BCUT2D eigenvalue weighted by Gasteiger charge is 2.18. The van der Waals surface area contributed by atoms with Gasteiger partial charge in [0.05, 0.1) is 19.9 Å². The molecule has 0 spiro atoms. The van der Waals surface area contributed by atoms with E-state index in [1.807, 2.05) is 13.8 Å². The van der Waals surface area contributed by atoms with Crippen molar-refractivity contribution in [2.75, 3.05) is 25.6 Å². The Morgan fingerprint density at radius 1 is 1.37 bits per heavy atom. The maximum Gasteiger partial charge on any atom is 0.413 e. The molecule has 0 aromatic carbocycles. The minimum Gasteiger partial charge on any atom is -0.491 e. The normalized spacial score (nSPS) is 11.6. The predicted octanol–water partition coefficient (Wildman–Crippen LogP) is 2.84. The van der Waals surface area contributed by atoms with E-state index in [2.05, 4.69) is 25.7 Å². The number of nitrogens with one attached hydrogen (secondary N) is 2. The molecule has 1 amide bonds. The van der Waals surface area contributed by atoms with Crippen LogP contribution in [0.1, 0.15) is 29.9 Å². The number of carbonyl (C=O) groups is 1. The largest absolute Gasteiger partial charge is 0.491 e. The Hall–Kier alpha value is -2.79. The molecule has 0 saturated carbocycles. The Bertz CT molecular complexity index is 807. The van der Waals surface area contributed by atoms with E-state index in [1.54, 1.807) is 24.0 Å². The van der Waals surface area contributed by atoms with Crippen LogP contribution < -0.4 is 15.4 Å². The second-order valence-corrected chi connectivity index (χ2v) is 5.58. The number of methoxy groups -OCH3 is 1. The number of hydrogen-bond acceptors (Lipinski definition) is 8. The number of alkyl carbamates (subject to hydrolysis) is 1. The molecule has 0 aliphatic heterocycles. The molecule has 2 N–H and O–H groups in total. The van der Waals surface area contributed by atoms with Crippen LogP contribution in [0.4, 0.5) is 10.6 Å². The van der Waals surface area contributed by atoms with Crippen molar-refractivity contribution < 1.29 is 21.9 Å². The summed E-state index contributed by atoms with van der Waals surface area (Å²) in [4.78, 5) is 19.9. The van der Waals surface area contributed by atoms with Gasteiger partial charge in [0.25, 0.3) is 0 Å². The molecule has 2 heterocycles. The van der Waals surface area contributed by atoms with Gasteiger partial charge in [-0.15, -0.1) is 0 Å². The SMILES string of the molecule is CCOC(=O)NC(=S)Nc1ncnc(-c2cnn(C(C)OCC)c2)c1OC.[HH].[HH]. The van der Waals surface area contributed by atoms with Crippen molar-refractivity contribution in [1.29, 1.82) is 0 Å². The first-order valence-corrected chi connectivity index (χ1v) is 8.70. The molecule has 0 radical (unpaired) electrons. The summed E-state index contributed by atoms with van der Waals surface area (Å²) in [6.45, 7) is 6.32.